The summed E-state index contributed by atoms with van der Waals surface area (Å²) < 4.78 is 22.3. The van der Waals surface area contributed by atoms with E-state index >= 15 is 0 Å². The second kappa shape index (κ2) is 5.09. The molecule has 1 aliphatic heterocycles. The Morgan fingerprint density at radius 3 is 2.64 bits per heavy atom. The van der Waals surface area contributed by atoms with E-state index < -0.39 is 9.84 Å². The fourth-order valence-electron chi connectivity index (χ4n) is 1.66. The highest BCUT2D eigenvalue weighted by molar-refractivity contribution is 7.91. The predicted octanol–water partition coefficient (Wildman–Crippen LogP) is -0.285. The van der Waals surface area contributed by atoms with Crippen molar-refractivity contribution in [2.75, 3.05) is 38.7 Å². The molecule has 14 heavy (non-hydrogen) atoms. The Kier molecular flexibility index (Phi) is 4.34. The van der Waals surface area contributed by atoms with Gasteiger partial charge in [0.15, 0.2) is 9.84 Å². The van der Waals surface area contributed by atoms with Gasteiger partial charge in [-0.2, -0.15) is 0 Å². The molecule has 1 fully saturated rings. The third-order valence-corrected chi connectivity index (χ3v) is 4.22. The first kappa shape index (κ1) is 11.9. The average molecular weight is 220 g/mol. The molecule has 1 heterocycles. The van der Waals surface area contributed by atoms with E-state index in [1.165, 1.54) is 0 Å². The summed E-state index contributed by atoms with van der Waals surface area (Å²) in [4.78, 5) is 2.13. The summed E-state index contributed by atoms with van der Waals surface area (Å²) in [6.07, 6.45) is 1.86. The Hall–Kier alpha value is -0.130. The van der Waals surface area contributed by atoms with Gasteiger partial charge in [-0.05, 0) is 40.0 Å². The van der Waals surface area contributed by atoms with Gasteiger partial charge in [0.1, 0.15) is 0 Å². The van der Waals surface area contributed by atoms with E-state index in [1.807, 2.05) is 14.1 Å². The largest absolute Gasteiger partial charge is 0.313 e. The Morgan fingerprint density at radius 1 is 1.43 bits per heavy atom. The van der Waals surface area contributed by atoms with Crippen molar-refractivity contribution in [3.05, 3.63) is 0 Å². The summed E-state index contributed by atoms with van der Waals surface area (Å²) in [6.45, 7) is 1.96. The molecular weight excluding hydrogens is 200 g/mol. The lowest BCUT2D eigenvalue weighted by molar-refractivity contribution is 0.388. The van der Waals surface area contributed by atoms with Crippen LogP contribution in [-0.2, 0) is 9.84 Å². The van der Waals surface area contributed by atoms with Crippen molar-refractivity contribution in [2.24, 2.45) is 0 Å². The molecular formula is C9H20N2O2S. The van der Waals surface area contributed by atoms with Crippen molar-refractivity contribution in [3.63, 3.8) is 0 Å². The smallest absolute Gasteiger partial charge is 0.151 e. The van der Waals surface area contributed by atoms with E-state index in [2.05, 4.69) is 10.2 Å². The second-order valence-corrected chi connectivity index (χ2v) is 6.44. The van der Waals surface area contributed by atoms with Gasteiger partial charge in [0.25, 0.3) is 0 Å². The zero-order valence-electron chi connectivity index (χ0n) is 8.99. The zero-order valence-corrected chi connectivity index (χ0v) is 9.81. The van der Waals surface area contributed by atoms with Crippen LogP contribution in [0.25, 0.3) is 0 Å². The molecule has 0 aromatic rings. The molecule has 0 bridgehead atoms. The Labute approximate surface area is 86.6 Å². The van der Waals surface area contributed by atoms with Crippen molar-refractivity contribution < 1.29 is 8.42 Å². The highest BCUT2D eigenvalue weighted by atomic mass is 32.2. The summed E-state index contributed by atoms with van der Waals surface area (Å²) in [5.41, 5.74) is 0. The standard InChI is InChI=1S/C9H20N2O2S/c1-11(2)6-3-5-10-9-4-7-14(12,13)8-9/h9-10H,3-8H2,1-2H3. The van der Waals surface area contributed by atoms with E-state index in [0.29, 0.717) is 11.5 Å². The van der Waals surface area contributed by atoms with Crippen LogP contribution in [0.3, 0.4) is 0 Å². The predicted molar refractivity (Wildman–Crippen MR) is 58.2 cm³/mol. The molecule has 0 aromatic carbocycles. The van der Waals surface area contributed by atoms with Gasteiger partial charge in [0, 0.05) is 6.04 Å². The lowest BCUT2D eigenvalue weighted by atomic mass is 10.2. The normalized spacial score (nSPS) is 25.8. The molecule has 0 aliphatic carbocycles. The second-order valence-electron chi connectivity index (χ2n) is 4.21. The van der Waals surface area contributed by atoms with Crippen LogP contribution in [-0.4, -0.2) is 58.1 Å². The van der Waals surface area contributed by atoms with Crippen LogP contribution in [0, 0.1) is 0 Å². The third-order valence-electron chi connectivity index (χ3n) is 2.45. The van der Waals surface area contributed by atoms with Gasteiger partial charge in [-0.1, -0.05) is 0 Å². The molecule has 5 heteroatoms. The van der Waals surface area contributed by atoms with Crippen LogP contribution in [0.2, 0.25) is 0 Å². The number of hydrogen-bond donors (Lipinski definition) is 1. The van der Waals surface area contributed by atoms with E-state index in [0.717, 1.165) is 25.9 Å². The van der Waals surface area contributed by atoms with Gasteiger partial charge in [0.05, 0.1) is 11.5 Å². The van der Waals surface area contributed by atoms with Crippen molar-refractivity contribution in [3.8, 4) is 0 Å². The first-order chi connectivity index (χ1) is 6.49. The highest BCUT2D eigenvalue weighted by Gasteiger charge is 2.26. The van der Waals surface area contributed by atoms with Crippen LogP contribution in [0.5, 0.6) is 0 Å². The lowest BCUT2D eigenvalue weighted by Gasteiger charge is -2.12. The summed E-state index contributed by atoms with van der Waals surface area (Å²) in [6, 6.07) is 0.196. The molecule has 0 aromatic heterocycles. The minimum Gasteiger partial charge on any atom is -0.313 e. The average Bonchev–Trinajstić information content (AvgIpc) is 2.39. The van der Waals surface area contributed by atoms with Gasteiger partial charge < -0.3 is 10.2 Å². The van der Waals surface area contributed by atoms with Gasteiger partial charge >= 0.3 is 0 Å². The van der Waals surface area contributed by atoms with Crippen molar-refractivity contribution in [1.29, 1.82) is 0 Å². The maximum atomic E-state index is 11.1. The number of sulfone groups is 1. The van der Waals surface area contributed by atoms with Crippen molar-refractivity contribution in [2.45, 2.75) is 18.9 Å². The van der Waals surface area contributed by atoms with Crippen molar-refractivity contribution >= 4 is 9.84 Å². The Morgan fingerprint density at radius 2 is 2.14 bits per heavy atom. The van der Waals surface area contributed by atoms with Crippen LogP contribution in [0.1, 0.15) is 12.8 Å². The molecule has 0 saturated carbocycles. The molecule has 4 nitrogen and oxygen atoms in total. The maximum Gasteiger partial charge on any atom is 0.151 e. The first-order valence-corrected chi connectivity index (χ1v) is 6.90. The lowest BCUT2D eigenvalue weighted by Crippen LogP contribution is -2.32. The molecule has 1 saturated heterocycles. The van der Waals surface area contributed by atoms with Gasteiger partial charge in [0.2, 0.25) is 0 Å². The molecule has 1 aliphatic rings. The Balaban J connectivity index is 2.09. The summed E-state index contributed by atoms with van der Waals surface area (Å²) in [5, 5.41) is 3.29. The summed E-state index contributed by atoms with van der Waals surface area (Å²) in [7, 11) is 1.36. The first-order valence-electron chi connectivity index (χ1n) is 5.08. The number of rotatable bonds is 5. The van der Waals surface area contributed by atoms with Crippen LogP contribution in [0.4, 0.5) is 0 Å². The molecule has 1 rings (SSSR count). The minimum absolute atomic E-state index is 0.196. The van der Waals surface area contributed by atoms with Crippen LogP contribution < -0.4 is 5.32 Å². The third kappa shape index (κ3) is 4.39. The molecule has 1 unspecified atom stereocenters. The van der Waals surface area contributed by atoms with E-state index in [9.17, 15) is 8.42 Å². The molecule has 0 spiro atoms. The summed E-state index contributed by atoms with van der Waals surface area (Å²) in [5.74, 6) is 0.688. The zero-order chi connectivity index (χ0) is 10.6. The highest BCUT2D eigenvalue weighted by Crippen LogP contribution is 2.10. The fourth-order valence-corrected chi connectivity index (χ4v) is 3.37. The number of nitrogens with one attached hydrogen (secondary N) is 1. The molecule has 0 radical (unpaired) electrons. The SMILES string of the molecule is CN(C)CCCNC1CCS(=O)(=O)C1. The molecule has 1 N–H and O–H groups in total. The van der Waals surface area contributed by atoms with E-state index in [4.69, 9.17) is 0 Å². The molecule has 1 atom stereocenters. The van der Waals surface area contributed by atoms with Gasteiger partial charge in [-0.3, -0.25) is 0 Å². The number of hydrogen-bond acceptors (Lipinski definition) is 4. The Bertz CT molecular complexity index is 262. The van der Waals surface area contributed by atoms with Crippen LogP contribution >= 0.6 is 0 Å². The van der Waals surface area contributed by atoms with Gasteiger partial charge in [-0.15, -0.1) is 0 Å². The molecule has 84 valence electrons. The fraction of sp³-hybridized carbons (Fsp3) is 1.00. The van der Waals surface area contributed by atoms with Crippen molar-refractivity contribution in [1.82, 2.24) is 10.2 Å². The van der Waals surface area contributed by atoms with Gasteiger partial charge in [-0.25, -0.2) is 8.42 Å². The minimum atomic E-state index is -2.72. The number of nitrogens with zero attached hydrogens (tertiary/aromatic N) is 1. The molecule has 0 amide bonds. The van der Waals surface area contributed by atoms with Crippen LogP contribution in [0.15, 0.2) is 0 Å². The maximum absolute atomic E-state index is 11.1. The topological polar surface area (TPSA) is 49.4 Å². The van der Waals surface area contributed by atoms with E-state index in [-0.39, 0.29) is 6.04 Å². The summed E-state index contributed by atoms with van der Waals surface area (Å²) >= 11 is 0. The monoisotopic (exact) mass is 220 g/mol. The van der Waals surface area contributed by atoms with E-state index in [1.54, 1.807) is 0 Å². The quantitative estimate of drug-likeness (QED) is 0.647.